The molecular weight excluding hydrogens is 224 g/mol. The summed E-state index contributed by atoms with van der Waals surface area (Å²) in [6, 6.07) is 6.59. The molecule has 1 aromatic carbocycles. The first-order chi connectivity index (χ1) is 8.66. The van der Waals surface area contributed by atoms with Crippen molar-refractivity contribution in [2.75, 3.05) is 13.1 Å². The van der Waals surface area contributed by atoms with Crippen molar-refractivity contribution >= 4 is 5.91 Å². The molecule has 0 radical (unpaired) electrons. The van der Waals surface area contributed by atoms with Gasteiger partial charge in [-0.3, -0.25) is 4.79 Å². The maximum Gasteiger partial charge on any atom is 0.251 e. The average Bonchev–Trinajstić information content (AvgIpc) is 3.16. The predicted molar refractivity (Wildman–Crippen MR) is 73.9 cm³/mol. The summed E-state index contributed by atoms with van der Waals surface area (Å²) in [5.41, 5.74) is 3.14. The fourth-order valence-electron chi connectivity index (χ4n) is 1.87. The molecule has 0 aliphatic heterocycles. The molecule has 1 saturated carbocycles. The smallest absolute Gasteiger partial charge is 0.251 e. The quantitative estimate of drug-likeness (QED) is 0.755. The van der Waals surface area contributed by atoms with Crippen molar-refractivity contribution in [3.8, 4) is 0 Å². The van der Waals surface area contributed by atoms with Gasteiger partial charge < -0.3 is 10.6 Å². The second-order valence-corrected chi connectivity index (χ2v) is 5.14. The minimum atomic E-state index is 0.0320. The zero-order valence-corrected chi connectivity index (χ0v) is 11.3. The first-order valence-corrected chi connectivity index (χ1v) is 6.75. The number of carbonyl (C=O) groups excluding carboxylic acids is 1. The molecule has 2 N–H and O–H groups in total. The number of amides is 1. The van der Waals surface area contributed by atoms with E-state index in [1.807, 2.05) is 25.1 Å². The van der Waals surface area contributed by atoms with Gasteiger partial charge in [0, 0.05) is 18.2 Å². The highest BCUT2D eigenvalue weighted by molar-refractivity contribution is 5.94. The van der Waals surface area contributed by atoms with Crippen molar-refractivity contribution in [2.45, 2.75) is 39.2 Å². The maximum atomic E-state index is 11.9. The summed E-state index contributed by atoms with van der Waals surface area (Å²) >= 11 is 0. The van der Waals surface area contributed by atoms with Crippen LogP contribution in [0.25, 0.3) is 0 Å². The first kappa shape index (κ1) is 13.1. The zero-order valence-electron chi connectivity index (χ0n) is 11.3. The van der Waals surface area contributed by atoms with Gasteiger partial charge in [-0.15, -0.1) is 0 Å². The molecular formula is C15H22N2O. The Labute approximate surface area is 109 Å². The van der Waals surface area contributed by atoms with Gasteiger partial charge in [0.25, 0.3) is 5.91 Å². The van der Waals surface area contributed by atoms with Crippen molar-refractivity contribution in [3.05, 3.63) is 34.9 Å². The summed E-state index contributed by atoms with van der Waals surface area (Å²) in [6.45, 7) is 5.83. The molecule has 18 heavy (non-hydrogen) atoms. The summed E-state index contributed by atoms with van der Waals surface area (Å²) in [7, 11) is 0. The van der Waals surface area contributed by atoms with E-state index in [-0.39, 0.29) is 5.91 Å². The van der Waals surface area contributed by atoms with Gasteiger partial charge in [-0.25, -0.2) is 0 Å². The van der Waals surface area contributed by atoms with Crippen molar-refractivity contribution in [2.24, 2.45) is 0 Å². The minimum absolute atomic E-state index is 0.0320. The van der Waals surface area contributed by atoms with Crippen LogP contribution in [0.2, 0.25) is 0 Å². The monoisotopic (exact) mass is 246 g/mol. The SMILES string of the molecule is Cc1ccc(C(=O)NCCCNC2CC2)cc1C. The molecule has 1 aliphatic rings. The fourth-order valence-corrected chi connectivity index (χ4v) is 1.87. The molecule has 0 heterocycles. The van der Waals surface area contributed by atoms with E-state index in [0.29, 0.717) is 0 Å². The van der Waals surface area contributed by atoms with Crippen molar-refractivity contribution in [3.63, 3.8) is 0 Å². The van der Waals surface area contributed by atoms with Gasteiger partial charge in [0.1, 0.15) is 0 Å². The van der Waals surface area contributed by atoms with Crippen LogP contribution in [0.3, 0.4) is 0 Å². The van der Waals surface area contributed by atoms with E-state index in [1.54, 1.807) is 0 Å². The normalized spacial score (nSPS) is 14.6. The molecule has 1 aliphatic carbocycles. The molecule has 3 heteroatoms. The van der Waals surface area contributed by atoms with E-state index in [2.05, 4.69) is 17.6 Å². The Balaban J connectivity index is 1.70. The van der Waals surface area contributed by atoms with E-state index in [0.717, 1.165) is 36.7 Å². The van der Waals surface area contributed by atoms with Crippen molar-refractivity contribution < 1.29 is 4.79 Å². The summed E-state index contributed by atoms with van der Waals surface area (Å²) in [5, 5.41) is 6.40. The topological polar surface area (TPSA) is 41.1 Å². The summed E-state index contributed by atoms with van der Waals surface area (Å²) < 4.78 is 0. The third-order valence-electron chi connectivity index (χ3n) is 3.42. The number of nitrogens with one attached hydrogen (secondary N) is 2. The van der Waals surface area contributed by atoms with Crippen LogP contribution in [0.4, 0.5) is 0 Å². The van der Waals surface area contributed by atoms with Crippen LogP contribution in [0.1, 0.15) is 40.7 Å². The molecule has 3 nitrogen and oxygen atoms in total. The first-order valence-electron chi connectivity index (χ1n) is 6.75. The zero-order chi connectivity index (χ0) is 13.0. The molecule has 0 spiro atoms. The van der Waals surface area contributed by atoms with Crippen molar-refractivity contribution in [1.82, 2.24) is 10.6 Å². The molecule has 0 bridgehead atoms. The third-order valence-corrected chi connectivity index (χ3v) is 3.42. The van der Waals surface area contributed by atoms with Gasteiger partial charge in [0.15, 0.2) is 0 Å². The Bertz CT molecular complexity index is 425. The van der Waals surface area contributed by atoms with Crippen LogP contribution >= 0.6 is 0 Å². The maximum absolute atomic E-state index is 11.9. The summed E-state index contributed by atoms with van der Waals surface area (Å²) in [5.74, 6) is 0.0320. The Morgan fingerprint density at radius 2 is 2.00 bits per heavy atom. The summed E-state index contributed by atoms with van der Waals surface area (Å²) in [6.07, 6.45) is 3.62. The van der Waals surface area contributed by atoms with Crippen LogP contribution in [-0.2, 0) is 0 Å². The minimum Gasteiger partial charge on any atom is -0.352 e. The summed E-state index contributed by atoms with van der Waals surface area (Å²) in [4.78, 5) is 11.9. The van der Waals surface area contributed by atoms with Crippen LogP contribution in [-0.4, -0.2) is 25.0 Å². The molecule has 0 aromatic heterocycles. The largest absolute Gasteiger partial charge is 0.352 e. The van der Waals surface area contributed by atoms with Crippen LogP contribution in [0.5, 0.6) is 0 Å². The van der Waals surface area contributed by atoms with E-state index in [1.165, 1.54) is 18.4 Å². The van der Waals surface area contributed by atoms with E-state index in [9.17, 15) is 4.79 Å². The van der Waals surface area contributed by atoms with Gasteiger partial charge in [-0.05, 0) is 62.9 Å². The molecule has 0 atom stereocenters. The van der Waals surface area contributed by atoms with Gasteiger partial charge >= 0.3 is 0 Å². The highest BCUT2D eigenvalue weighted by Crippen LogP contribution is 2.18. The van der Waals surface area contributed by atoms with Crippen LogP contribution in [0.15, 0.2) is 18.2 Å². The number of benzene rings is 1. The molecule has 0 saturated heterocycles. The molecule has 0 unspecified atom stereocenters. The van der Waals surface area contributed by atoms with Crippen molar-refractivity contribution in [1.29, 1.82) is 0 Å². The molecule has 1 fully saturated rings. The van der Waals surface area contributed by atoms with Gasteiger partial charge in [-0.2, -0.15) is 0 Å². The number of aryl methyl sites for hydroxylation is 2. The van der Waals surface area contributed by atoms with Crippen LogP contribution < -0.4 is 10.6 Å². The van der Waals surface area contributed by atoms with Gasteiger partial charge in [0.2, 0.25) is 0 Å². The average molecular weight is 246 g/mol. The highest BCUT2D eigenvalue weighted by Gasteiger charge is 2.19. The lowest BCUT2D eigenvalue weighted by Crippen LogP contribution is -2.28. The Hall–Kier alpha value is -1.35. The number of hydrogen-bond acceptors (Lipinski definition) is 2. The Morgan fingerprint density at radius 3 is 2.67 bits per heavy atom. The molecule has 98 valence electrons. The lowest BCUT2D eigenvalue weighted by atomic mass is 10.1. The molecule has 2 rings (SSSR count). The van der Waals surface area contributed by atoms with E-state index < -0.39 is 0 Å². The van der Waals surface area contributed by atoms with E-state index >= 15 is 0 Å². The molecule has 1 amide bonds. The lowest BCUT2D eigenvalue weighted by Gasteiger charge is -2.07. The van der Waals surface area contributed by atoms with Gasteiger partial charge in [0.05, 0.1) is 0 Å². The Morgan fingerprint density at radius 1 is 1.22 bits per heavy atom. The highest BCUT2D eigenvalue weighted by atomic mass is 16.1. The number of carbonyl (C=O) groups is 1. The van der Waals surface area contributed by atoms with Gasteiger partial charge in [-0.1, -0.05) is 6.07 Å². The van der Waals surface area contributed by atoms with E-state index in [4.69, 9.17) is 0 Å². The lowest BCUT2D eigenvalue weighted by molar-refractivity contribution is 0.0953. The predicted octanol–water partition coefficient (Wildman–Crippen LogP) is 2.18. The third kappa shape index (κ3) is 3.84. The standard InChI is InChI=1S/C15H22N2O/c1-11-4-5-13(10-12(11)2)15(18)17-9-3-8-16-14-6-7-14/h4-5,10,14,16H,3,6-9H2,1-2H3,(H,17,18). The molecule has 1 aromatic rings. The second-order valence-electron chi connectivity index (χ2n) is 5.14. The number of hydrogen-bond donors (Lipinski definition) is 2. The van der Waals surface area contributed by atoms with Crippen LogP contribution in [0, 0.1) is 13.8 Å². The number of rotatable bonds is 6. The second kappa shape index (κ2) is 6.01. The Kier molecular flexibility index (Phi) is 4.37. The fraction of sp³-hybridized carbons (Fsp3) is 0.533.